The van der Waals surface area contributed by atoms with Crippen LogP contribution in [-0.4, -0.2) is 39.0 Å². The average Bonchev–Trinajstić information content (AvgIpc) is 3.04. The standard InChI is InChI=1S/C18H23N3S2/c1-14-10-11-16(13-21(14)2)17-18(20-23-19-17)22-12-6-9-15-7-4-3-5-8-15/h3-5,7-8,11,14H,6,9-10,12-13H2,1-2H3. The van der Waals surface area contributed by atoms with Crippen molar-refractivity contribution < 1.29 is 0 Å². The first-order valence-electron chi connectivity index (χ1n) is 8.13. The van der Waals surface area contributed by atoms with E-state index in [0.717, 1.165) is 35.9 Å². The van der Waals surface area contributed by atoms with Gasteiger partial charge in [-0.1, -0.05) is 36.4 Å². The molecule has 2 heterocycles. The highest BCUT2D eigenvalue weighted by Gasteiger charge is 2.21. The van der Waals surface area contributed by atoms with E-state index in [9.17, 15) is 0 Å². The number of aromatic nitrogens is 2. The van der Waals surface area contributed by atoms with Gasteiger partial charge in [-0.2, -0.15) is 8.75 Å². The van der Waals surface area contributed by atoms with Crippen LogP contribution in [0.2, 0.25) is 0 Å². The van der Waals surface area contributed by atoms with Crippen molar-refractivity contribution in [3.8, 4) is 0 Å². The third-order valence-electron chi connectivity index (χ3n) is 4.33. The molecule has 0 amide bonds. The first kappa shape index (κ1) is 16.7. The predicted molar refractivity (Wildman–Crippen MR) is 100 cm³/mol. The molecule has 23 heavy (non-hydrogen) atoms. The molecule has 1 aliphatic heterocycles. The minimum absolute atomic E-state index is 0.618. The molecule has 2 aromatic rings. The number of benzene rings is 1. The zero-order valence-electron chi connectivity index (χ0n) is 13.7. The second-order valence-electron chi connectivity index (χ2n) is 6.08. The zero-order chi connectivity index (χ0) is 16.1. The minimum Gasteiger partial charge on any atom is -0.299 e. The van der Waals surface area contributed by atoms with Gasteiger partial charge >= 0.3 is 0 Å². The summed E-state index contributed by atoms with van der Waals surface area (Å²) in [6, 6.07) is 11.3. The van der Waals surface area contributed by atoms with Crippen molar-refractivity contribution in [2.45, 2.75) is 37.3 Å². The largest absolute Gasteiger partial charge is 0.299 e. The summed E-state index contributed by atoms with van der Waals surface area (Å²) in [7, 11) is 2.18. The van der Waals surface area contributed by atoms with Crippen LogP contribution in [0.4, 0.5) is 0 Å². The van der Waals surface area contributed by atoms with E-state index in [1.54, 1.807) is 0 Å². The second kappa shape index (κ2) is 8.08. The number of hydrogen-bond acceptors (Lipinski definition) is 5. The number of nitrogens with zero attached hydrogens (tertiary/aromatic N) is 3. The molecule has 1 aliphatic rings. The Morgan fingerprint density at radius 3 is 2.87 bits per heavy atom. The molecule has 0 N–H and O–H groups in total. The highest BCUT2D eigenvalue weighted by Crippen LogP contribution is 2.30. The van der Waals surface area contributed by atoms with E-state index in [1.165, 1.54) is 29.3 Å². The van der Waals surface area contributed by atoms with Crippen molar-refractivity contribution in [3.05, 3.63) is 47.7 Å². The maximum absolute atomic E-state index is 4.55. The number of rotatable bonds is 6. The molecular weight excluding hydrogens is 322 g/mol. The summed E-state index contributed by atoms with van der Waals surface area (Å²) in [5, 5.41) is 1.11. The lowest BCUT2D eigenvalue weighted by molar-refractivity contribution is 0.280. The first-order chi connectivity index (χ1) is 11.2. The Bertz CT molecular complexity index is 651. The van der Waals surface area contributed by atoms with Crippen LogP contribution < -0.4 is 0 Å². The summed E-state index contributed by atoms with van der Waals surface area (Å²) in [6.45, 7) is 3.25. The van der Waals surface area contributed by atoms with Gasteiger partial charge in [-0.05, 0) is 50.1 Å². The molecule has 1 unspecified atom stereocenters. The molecule has 1 aromatic carbocycles. The molecule has 1 aromatic heterocycles. The minimum atomic E-state index is 0.618. The lowest BCUT2D eigenvalue weighted by Gasteiger charge is -2.29. The van der Waals surface area contributed by atoms with Gasteiger partial charge < -0.3 is 0 Å². The summed E-state index contributed by atoms with van der Waals surface area (Å²) < 4.78 is 9.07. The van der Waals surface area contributed by atoms with Crippen LogP contribution >= 0.6 is 23.5 Å². The van der Waals surface area contributed by atoms with E-state index >= 15 is 0 Å². The van der Waals surface area contributed by atoms with Gasteiger partial charge in [0, 0.05) is 12.6 Å². The molecule has 0 spiro atoms. The maximum atomic E-state index is 4.55. The number of hydrogen-bond donors (Lipinski definition) is 0. The third-order valence-corrected chi connectivity index (χ3v) is 6.03. The van der Waals surface area contributed by atoms with E-state index < -0.39 is 0 Å². The molecule has 0 saturated carbocycles. The van der Waals surface area contributed by atoms with Crippen LogP contribution in [0.25, 0.3) is 5.57 Å². The molecule has 1 atom stereocenters. The fourth-order valence-corrected chi connectivity index (χ4v) is 4.37. The van der Waals surface area contributed by atoms with Gasteiger partial charge in [-0.25, -0.2) is 0 Å². The summed E-state index contributed by atoms with van der Waals surface area (Å²) in [5.41, 5.74) is 3.86. The third kappa shape index (κ3) is 4.43. The molecule has 0 fully saturated rings. The van der Waals surface area contributed by atoms with Crippen LogP contribution in [0.15, 0.2) is 41.4 Å². The highest BCUT2D eigenvalue weighted by atomic mass is 32.2. The van der Waals surface area contributed by atoms with Gasteiger partial charge in [0.25, 0.3) is 0 Å². The maximum Gasteiger partial charge on any atom is 0.138 e. The Morgan fingerprint density at radius 1 is 1.26 bits per heavy atom. The van der Waals surface area contributed by atoms with Crippen molar-refractivity contribution in [1.29, 1.82) is 0 Å². The SMILES string of the molecule is CC1CC=C(c2nsnc2SCCCc2ccccc2)CN1C. The van der Waals surface area contributed by atoms with E-state index in [4.69, 9.17) is 0 Å². The monoisotopic (exact) mass is 345 g/mol. The van der Waals surface area contributed by atoms with Crippen LogP contribution in [0.3, 0.4) is 0 Å². The smallest absolute Gasteiger partial charge is 0.138 e. The zero-order valence-corrected chi connectivity index (χ0v) is 15.4. The summed E-state index contributed by atoms with van der Waals surface area (Å²) in [4.78, 5) is 2.39. The number of aryl methyl sites for hydroxylation is 1. The van der Waals surface area contributed by atoms with E-state index in [0.29, 0.717) is 6.04 Å². The predicted octanol–water partition coefficient (Wildman–Crippen LogP) is 4.37. The van der Waals surface area contributed by atoms with Crippen LogP contribution in [0.5, 0.6) is 0 Å². The van der Waals surface area contributed by atoms with E-state index in [-0.39, 0.29) is 0 Å². The van der Waals surface area contributed by atoms with Gasteiger partial charge in [0.1, 0.15) is 10.7 Å². The van der Waals surface area contributed by atoms with Crippen molar-refractivity contribution in [2.75, 3.05) is 19.3 Å². The topological polar surface area (TPSA) is 29.0 Å². The Kier molecular flexibility index (Phi) is 5.86. The van der Waals surface area contributed by atoms with Crippen molar-refractivity contribution in [2.24, 2.45) is 0 Å². The molecule has 122 valence electrons. The summed E-state index contributed by atoms with van der Waals surface area (Å²) in [6.07, 6.45) is 5.74. The molecule has 0 aliphatic carbocycles. The van der Waals surface area contributed by atoms with Gasteiger partial charge in [0.2, 0.25) is 0 Å². The van der Waals surface area contributed by atoms with E-state index in [1.807, 2.05) is 11.8 Å². The Hall–Kier alpha value is -1.17. The average molecular weight is 346 g/mol. The van der Waals surface area contributed by atoms with Crippen molar-refractivity contribution in [1.82, 2.24) is 13.6 Å². The number of thioether (sulfide) groups is 1. The molecule has 0 radical (unpaired) electrons. The molecule has 0 saturated heterocycles. The van der Waals surface area contributed by atoms with Gasteiger partial charge in [-0.15, -0.1) is 11.8 Å². The number of likely N-dealkylation sites (N-methyl/N-ethyl adjacent to an activating group) is 1. The van der Waals surface area contributed by atoms with Gasteiger partial charge in [-0.3, -0.25) is 4.90 Å². The molecule has 3 nitrogen and oxygen atoms in total. The molecule has 3 rings (SSSR count). The quantitative estimate of drug-likeness (QED) is 0.574. The Labute approximate surface area is 147 Å². The van der Waals surface area contributed by atoms with Gasteiger partial charge in [0.15, 0.2) is 0 Å². The van der Waals surface area contributed by atoms with E-state index in [2.05, 4.69) is 64.0 Å². The fourth-order valence-electron chi connectivity index (χ4n) is 2.71. The first-order valence-corrected chi connectivity index (χ1v) is 9.84. The Balaban J connectivity index is 1.55. The fraction of sp³-hybridized carbons (Fsp3) is 0.444. The summed E-state index contributed by atoms with van der Waals surface area (Å²) >= 11 is 3.18. The van der Waals surface area contributed by atoms with Crippen molar-refractivity contribution >= 4 is 29.1 Å². The lowest BCUT2D eigenvalue weighted by Crippen LogP contribution is -2.33. The Morgan fingerprint density at radius 2 is 2.09 bits per heavy atom. The van der Waals surface area contributed by atoms with Crippen LogP contribution in [0.1, 0.15) is 31.0 Å². The normalized spacial score (nSPS) is 18.9. The second-order valence-corrected chi connectivity index (χ2v) is 7.70. The van der Waals surface area contributed by atoms with Crippen LogP contribution in [-0.2, 0) is 6.42 Å². The van der Waals surface area contributed by atoms with Gasteiger partial charge in [0.05, 0.1) is 11.7 Å². The molecular formula is C18H23N3S2. The van der Waals surface area contributed by atoms with Crippen LogP contribution in [0, 0.1) is 0 Å². The lowest BCUT2D eigenvalue weighted by atomic mass is 10.0. The highest BCUT2D eigenvalue weighted by molar-refractivity contribution is 7.99. The van der Waals surface area contributed by atoms with Crippen molar-refractivity contribution in [3.63, 3.8) is 0 Å². The summed E-state index contributed by atoms with van der Waals surface area (Å²) in [5.74, 6) is 1.09. The molecule has 0 bridgehead atoms. The molecule has 5 heteroatoms.